The number of nitrogens with zero attached hydrogens (tertiary/aromatic N) is 4. The monoisotopic (exact) mass is 310 g/mol. The van der Waals surface area contributed by atoms with Gasteiger partial charge in [0.1, 0.15) is 0 Å². The van der Waals surface area contributed by atoms with Crippen LogP contribution in [-0.2, 0) is 6.54 Å². The Kier molecular flexibility index (Phi) is 2.56. The second kappa shape index (κ2) is 4.08. The lowest BCUT2D eigenvalue weighted by Gasteiger charge is -1.93. The van der Waals surface area contributed by atoms with Gasteiger partial charge in [-0.1, -0.05) is 0 Å². The van der Waals surface area contributed by atoms with Gasteiger partial charge in [0.2, 0.25) is 0 Å². The average molecular weight is 311 g/mol. The highest BCUT2D eigenvalue weighted by atomic mass is 79.9. The molecule has 3 aromatic rings. The summed E-state index contributed by atoms with van der Waals surface area (Å²) in [5.41, 5.74) is 0.417. The standard InChI is InChI=1S/C10H7BrN4OS/c11-7-3-8(17-6-7)5-15-10(16)14-2-1-12-4-9(14)13-15/h1-4,6H,5H2. The summed E-state index contributed by atoms with van der Waals surface area (Å²) in [6.45, 7) is 0.483. The van der Waals surface area contributed by atoms with Crippen molar-refractivity contribution < 1.29 is 0 Å². The molecule has 5 nitrogen and oxygen atoms in total. The normalized spacial score (nSPS) is 11.1. The first kappa shape index (κ1) is 10.7. The maximum atomic E-state index is 12.0. The minimum absolute atomic E-state index is 0.146. The molecule has 7 heteroatoms. The van der Waals surface area contributed by atoms with Crippen molar-refractivity contribution in [3.8, 4) is 0 Å². The van der Waals surface area contributed by atoms with Crippen LogP contribution in [0.5, 0.6) is 0 Å². The first-order chi connectivity index (χ1) is 8.24. The Morgan fingerprint density at radius 3 is 3.06 bits per heavy atom. The molecule has 3 aromatic heterocycles. The summed E-state index contributed by atoms with van der Waals surface area (Å²) >= 11 is 4.98. The van der Waals surface area contributed by atoms with Crippen LogP contribution in [0.15, 0.2) is 39.3 Å². The summed E-state index contributed by atoms with van der Waals surface area (Å²) in [7, 11) is 0. The van der Waals surface area contributed by atoms with Crippen LogP contribution in [0.4, 0.5) is 0 Å². The lowest BCUT2D eigenvalue weighted by Crippen LogP contribution is -2.21. The predicted molar refractivity (Wildman–Crippen MR) is 68.4 cm³/mol. The molecule has 0 saturated carbocycles. The van der Waals surface area contributed by atoms with Crippen molar-refractivity contribution in [1.29, 1.82) is 0 Å². The SMILES string of the molecule is O=c1n(Cc2cc(Br)cs2)nc2cnccn12. The molecule has 0 unspecified atom stereocenters. The molecular formula is C10H7BrN4OS. The lowest BCUT2D eigenvalue weighted by molar-refractivity contribution is 0.665. The minimum atomic E-state index is -0.146. The van der Waals surface area contributed by atoms with E-state index < -0.39 is 0 Å². The molecule has 3 heterocycles. The van der Waals surface area contributed by atoms with Gasteiger partial charge >= 0.3 is 5.69 Å². The highest BCUT2D eigenvalue weighted by molar-refractivity contribution is 9.10. The molecule has 0 N–H and O–H groups in total. The molecule has 0 radical (unpaired) electrons. The fraction of sp³-hybridized carbons (Fsp3) is 0.100. The third kappa shape index (κ3) is 1.91. The maximum absolute atomic E-state index is 12.0. The zero-order chi connectivity index (χ0) is 11.8. The van der Waals surface area contributed by atoms with Gasteiger partial charge in [0.05, 0.1) is 12.7 Å². The van der Waals surface area contributed by atoms with Crippen LogP contribution >= 0.6 is 27.3 Å². The van der Waals surface area contributed by atoms with Crippen LogP contribution < -0.4 is 5.69 Å². The Morgan fingerprint density at radius 2 is 2.35 bits per heavy atom. The first-order valence-electron chi connectivity index (χ1n) is 4.86. The Bertz CT molecular complexity index is 729. The highest BCUT2D eigenvalue weighted by Gasteiger charge is 2.07. The van der Waals surface area contributed by atoms with E-state index in [4.69, 9.17) is 0 Å². The van der Waals surface area contributed by atoms with Crippen LogP contribution in [0.1, 0.15) is 4.88 Å². The van der Waals surface area contributed by atoms with Gasteiger partial charge in [0.15, 0.2) is 5.65 Å². The van der Waals surface area contributed by atoms with Crippen molar-refractivity contribution in [3.63, 3.8) is 0 Å². The van der Waals surface area contributed by atoms with Crippen molar-refractivity contribution in [2.24, 2.45) is 0 Å². The van der Waals surface area contributed by atoms with Gasteiger partial charge in [-0.3, -0.25) is 4.98 Å². The molecular weight excluding hydrogens is 304 g/mol. The van der Waals surface area contributed by atoms with E-state index in [1.54, 1.807) is 29.9 Å². The van der Waals surface area contributed by atoms with Gasteiger partial charge in [-0.15, -0.1) is 16.4 Å². The topological polar surface area (TPSA) is 52.2 Å². The van der Waals surface area contributed by atoms with Crippen LogP contribution in [0, 0.1) is 0 Å². The van der Waals surface area contributed by atoms with E-state index in [0.29, 0.717) is 12.2 Å². The molecule has 0 aromatic carbocycles. The Hall–Kier alpha value is -1.47. The Labute approximate surface area is 108 Å². The van der Waals surface area contributed by atoms with Gasteiger partial charge < -0.3 is 0 Å². The second-order valence-electron chi connectivity index (χ2n) is 3.48. The van der Waals surface area contributed by atoms with Crippen molar-refractivity contribution in [2.45, 2.75) is 6.54 Å². The van der Waals surface area contributed by atoms with E-state index in [9.17, 15) is 4.79 Å². The van der Waals surface area contributed by atoms with Crippen LogP contribution in [0.2, 0.25) is 0 Å². The maximum Gasteiger partial charge on any atom is 0.350 e. The number of fused-ring (bicyclic) bond motifs is 1. The van der Waals surface area contributed by atoms with Crippen molar-refractivity contribution >= 4 is 32.9 Å². The quantitative estimate of drug-likeness (QED) is 0.725. The molecule has 0 saturated heterocycles. The molecule has 3 rings (SSSR count). The van der Waals surface area contributed by atoms with Crippen LogP contribution in [0.25, 0.3) is 5.65 Å². The molecule has 0 aliphatic heterocycles. The Morgan fingerprint density at radius 1 is 1.47 bits per heavy atom. The summed E-state index contributed by atoms with van der Waals surface area (Å²) in [4.78, 5) is 17.0. The largest absolute Gasteiger partial charge is 0.350 e. The van der Waals surface area contributed by atoms with Gasteiger partial charge in [-0.25, -0.2) is 13.9 Å². The number of hydrogen-bond donors (Lipinski definition) is 0. The second-order valence-corrected chi connectivity index (χ2v) is 5.39. The summed E-state index contributed by atoms with van der Waals surface area (Å²) in [5, 5.41) is 6.20. The van der Waals surface area contributed by atoms with E-state index in [1.807, 2.05) is 11.4 Å². The molecule has 17 heavy (non-hydrogen) atoms. The van der Waals surface area contributed by atoms with E-state index in [1.165, 1.54) is 9.08 Å². The lowest BCUT2D eigenvalue weighted by atomic mass is 10.5. The number of aromatic nitrogens is 4. The van der Waals surface area contributed by atoms with Crippen molar-refractivity contribution in [1.82, 2.24) is 19.2 Å². The molecule has 0 bridgehead atoms. The summed E-state index contributed by atoms with van der Waals surface area (Å²) in [5.74, 6) is 0. The minimum Gasteiger partial charge on any atom is -0.259 e. The third-order valence-corrected chi connectivity index (χ3v) is 4.00. The van der Waals surface area contributed by atoms with Crippen molar-refractivity contribution in [3.05, 3.63) is 49.9 Å². The van der Waals surface area contributed by atoms with E-state index in [2.05, 4.69) is 26.0 Å². The number of thiophene rings is 1. The fourth-order valence-corrected chi connectivity index (χ4v) is 3.00. The number of hydrogen-bond acceptors (Lipinski definition) is 4. The molecule has 86 valence electrons. The van der Waals surface area contributed by atoms with Crippen molar-refractivity contribution in [2.75, 3.05) is 0 Å². The van der Waals surface area contributed by atoms with E-state index in [0.717, 1.165) is 9.35 Å². The zero-order valence-corrected chi connectivity index (χ0v) is 11.0. The smallest absolute Gasteiger partial charge is 0.259 e. The molecule has 0 spiro atoms. The van der Waals surface area contributed by atoms with Gasteiger partial charge in [0.25, 0.3) is 0 Å². The first-order valence-corrected chi connectivity index (χ1v) is 6.53. The molecule has 0 aliphatic rings. The fourth-order valence-electron chi connectivity index (χ4n) is 1.57. The zero-order valence-electron chi connectivity index (χ0n) is 8.58. The van der Waals surface area contributed by atoms with Gasteiger partial charge in [-0.2, -0.15) is 0 Å². The van der Waals surface area contributed by atoms with Gasteiger partial charge in [-0.05, 0) is 22.0 Å². The third-order valence-electron chi connectivity index (χ3n) is 2.32. The van der Waals surface area contributed by atoms with E-state index in [-0.39, 0.29) is 5.69 Å². The molecule has 0 atom stereocenters. The Balaban J connectivity index is 2.06. The highest BCUT2D eigenvalue weighted by Crippen LogP contribution is 2.19. The molecule has 0 amide bonds. The van der Waals surface area contributed by atoms with Crippen LogP contribution in [0.3, 0.4) is 0 Å². The average Bonchev–Trinajstić information content (AvgIpc) is 2.86. The molecule has 0 aliphatic carbocycles. The van der Waals surface area contributed by atoms with Gasteiger partial charge in [0, 0.05) is 27.1 Å². The van der Waals surface area contributed by atoms with E-state index >= 15 is 0 Å². The number of rotatable bonds is 2. The summed E-state index contributed by atoms with van der Waals surface area (Å²) < 4.78 is 3.95. The number of halogens is 1. The van der Waals surface area contributed by atoms with Crippen LogP contribution in [-0.4, -0.2) is 19.2 Å². The summed E-state index contributed by atoms with van der Waals surface area (Å²) in [6.07, 6.45) is 4.76. The molecule has 0 fully saturated rings. The summed E-state index contributed by atoms with van der Waals surface area (Å²) in [6, 6.07) is 1.99. The predicted octanol–water partition coefficient (Wildman–Crippen LogP) is 1.76.